The fourth-order valence-corrected chi connectivity index (χ4v) is 3.19. The highest BCUT2D eigenvalue weighted by atomic mass is 32.1. The van der Waals surface area contributed by atoms with Crippen LogP contribution < -0.4 is 14.8 Å². The van der Waals surface area contributed by atoms with Crippen LogP contribution in [0, 0.1) is 11.3 Å². The van der Waals surface area contributed by atoms with E-state index in [1.807, 2.05) is 0 Å². The van der Waals surface area contributed by atoms with Crippen LogP contribution in [0.1, 0.15) is 13.8 Å². The normalized spacial score (nSPS) is 12.3. The Morgan fingerprint density at radius 2 is 1.85 bits per heavy atom. The Kier molecular flexibility index (Phi) is 6.47. The highest BCUT2D eigenvalue weighted by Crippen LogP contribution is 2.04. The molecule has 0 aliphatic rings. The molecule has 0 aliphatic carbocycles. The number of hydrogen-bond donors (Lipinski definition) is 0. The predicted molar refractivity (Wildman–Crippen MR) is 95.9 cm³/mol. The monoisotopic (exact) mass is 372 g/mol. The van der Waals surface area contributed by atoms with Crippen LogP contribution in [0.4, 0.5) is 0 Å². The minimum Gasteiger partial charge on any atom is -0.463 e. The first kappa shape index (κ1) is 19.1. The summed E-state index contributed by atoms with van der Waals surface area (Å²) in [6.45, 7) is 3.52. The summed E-state index contributed by atoms with van der Waals surface area (Å²) in [5, 5.41) is 9.42. The van der Waals surface area contributed by atoms with Gasteiger partial charge in [0.25, 0.3) is 5.56 Å². The van der Waals surface area contributed by atoms with E-state index in [2.05, 4.69) is 0 Å². The van der Waals surface area contributed by atoms with Gasteiger partial charge in [-0.3, -0.25) is 9.36 Å². The molecule has 2 rings (SSSR count). The van der Waals surface area contributed by atoms with E-state index in [1.165, 1.54) is 4.57 Å². The number of carbonyl (C=O) groups excluding carboxylic acids is 2. The van der Waals surface area contributed by atoms with E-state index in [0.717, 1.165) is 17.4 Å². The molecular weight excluding hydrogens is 356 g/mol. The van der Waals surface area contributed by atoms with Crippen LogP contribution in [-0.2, 0) is 19.1 Å². The third-order valence-corrected chi connectivity index (χ3v) is 4.27. The Hall–Kier alpha value is -3.18. The van der Waals surface area contributed by atoms with Crippen molar-refractivity contribution in [3.05, 3.63) is 49.9 Å². The Balaban J connectivity index is 2.87. The van der Waals surface area contributed by atoms with Crippen molar-refractivity contribution in [1.29, 1.82) is 5.26 Å². The standard InChI is InChI=1S/C18H16N2O5S/c1-3-24-15(21)10-14-16(22)20(12-8-6-5-7-9-12)17(26-14)13(11-19)18(23)25-4-2/h5-10H,3-4H2,1-2H3/b14-10+,17-13+. The van der Waals surface area contributed by atoms with E-state index in [-0.39, 0.29) is 28.0 Å². The highest BCUT2D eigenvalue weighted by Gasteiger charge is 2.18. The Labute approximate surface area is 153 Å². The van der Waals surface area contributed by atoms with E-state index in [0.29, 0.717) is 5.69 Å². The number of nitriles is 1. The molecule has 0 atom stereocenters. The van der Waals surface area contributed by atoms with Gasteiger partial charge in [-0.05, 0) is 26.0 Å². The molecule has 0 N–H and O–H groups in total. The summed E-state index contributed by atoms with van der Waals surface area (Å²) in [5.41, 5.74) is -0.369. The van der Waals surface area contributed by atoms with E-state index in [4.69, 9.17) is 9.47 Å². The van der Waals surface area contributed by atoms with Crippen LogP contribution in [0.5, 0.6) is 0 Å². The van der Waals surface area contributed by atoms with Gasteiger partial charge in [-0.1, -0.05) is 18.2 Å². The molecule has 134 valence electrons. The summed E-state index contributed by atoms with van der Waals surface area (Å²) in [6, 6.07) is 10.3. The van der Waals surface area contributed by atoms with Crippen molar-refractivity contribution in [3.63, 3.8) is 0 Å². The quantitative estimate of drug-likeness (QED) is 0.708. The summed E-state index contributed by atoms with van der Waals surface area (Å²) >= 11 is 0.856. The van der Waals surface area contributed by atoms with Crippen molar-refractivity contribution in [1.82, 2.24) is 4.57 Å². The number of benzene rings is 1. The second kappa shape index (κ2) is 8.78. The summed E-state index contributed by atoms with van der Waals surface area (Å²) in [5.74, 6) is -1.50. The maximum atomic E-state index is 12.8. The minimum absolute atomic E-state index is 0.0550. The fraction of sp³-hybridized carbons (Fsp3) is 0.222. The van der Waals surface area contributed by atoms with E-state index in [1.54, 1.807) is 50.2 Å². The molecule has 2 aromatic rings. The molecule has 8 heteroatoms. The largest absolute Gasteiger partial charge is 0.463 e. The smallest absolute Gasteiger partial charge is 0.351 e. The van der Waals surface area contributed by atoms with Gasteiger partial charge in [-0.25, -0.2) is 9.59 Å². The lowest BCUT2D eigenvalue weighted by atomic mass is 10.3. The van der Waals surface area contributed by atoms with Crippen LogP contribution in [0.15, 0.2) is 35.1 Å². The van der Waals surface area contributed by atoms with Crippen LogP contribution in [0.25, 0.3) is 17.3 Å². The lowest BCUT2D eigenvalue weighted by Gasteiger charge is -2.03. The molecule has 0 spiro atoms. The molecular formula is C18H16N2O5S. The van der Waals surface area contributed by atoms with Gasteiger partial charge in [-0.15, -0.1) is 11.3 Å². The van der Waals surface area contributed by atoms with Crippen molar-refractivity contribution in [2.24, 2.45) is 0 Å². The first-order valence-corrected chi connectivity index (χ1v) is 8.62. The van der Waals surface area contributed by atoms with E-state index < -0.39 is 17.5 Å². The van der Waals surface area contributed by atoms with Gasteiger partial charge in [0.1, 0.15) is 15.3 Å². The molecule has 1 heterocycles. The molecule has 0 unspecified atom stereocenters. The van der Waals surface area contributed by atoms with E-state index in [9.17, 15) is 19.6 Å². The topological polar surface area (TPSA) is 98.4 Å². The molecule has 0 saturated carbocycles. The summed E-state index contributed by atoms with van der Waals surface area (Å²) < 4.78 is 11.1. The van der Waals surface area contributed by atoms with E-state index >= 15 is 0 Å². The van der Waals surface area contributed by atoms with Gasteiger partial charge < -0.3 is 9.47 Å². The van der Waals surface area contributed by atoms with Crippen molar-refractivity contribution in [2.45, 2.75) is 13.8 Å². The number of nitrogens with zero attached hydrogens (tertiary/aromatic N) is 2. The first-order valence-electron chi connectivity index (χ1n) is 7.80. The van der Waals surface area contributed by atoms with Crippen molar-refractivity contribution in [3.8, 4) is 11.8 Å². The number of aromatic nitrogens is 1. The zero-order valence-corrected chi connectivity index (χ0v) is 15.0. The SMILES string of the molecule is CCOC(=O)/C=c1/s/c(=C(\C#N)C(=O)OCC)n(-c2ccccc2)c1=O. The van der Waals surface area contributed by atoms with Crippen LogP contribution in [0.3, 0.4) is 0 Å². The number of para-hydroxylation sites is 1. The number of esters is 2. The molecule has 7 nitrogen and oxygen atoms in total. The van der Waals surface area contributed by atoms with Gasteiger partial charge in [0.15, 0.2) is 5.57 Å². The van der Waals surface area contributed by atoms with Gasteiger partial charge in [0.05, 0.1) is 18.9 Å². The molecule has 0 bridgehead atoms. The average Bonchev–Trinajstić information content (AvgIpc) is 2.93. The minimum atomic E-state index is -0.830. The zero-order valence-electron chi connectivity index (χ0n) is 14.2. The molecule has 1 aromatic carbocycles. The second-order valence-corrected chi connectivity index (χ2v) is 5.88. The molecule has 0 aliphatic heterocycles. The third-order valence-electron chi connectivity index (χ3n) is 3.18. The maximum absolute atomic E-state index is 12.8. The Bertz CT molecular complexity index is 1030. The lowest BCUT2D eigenvalue weighted by molar-refractivity contribution is -0.136. The summed E-state index contributed by atoms with van der Waals surface area (Å²) in [4.78, 5) is 36.6. The predicted octanol–water partition coefficient (Wildman–Crippen LogP) is 0.480. The first-order chi connectivity index (χ1) is 12.5. The maximum Gasteiger partial charge on any atom is 0.351 e. The zero-order chi connectivity index (χ0) is 19.1. The lowest BCUT2D eigenvalue weighted by Crippen LogP contribution is -2.32. The summed E-state index contributed by atoms with van der Waals surface area (Å²) in [6.07, 6.45) is 1.06. The van der Waals surface area contributed by atoms with Crippen LogP contribution >= 0.6 is 11.3 Å². The van der Waals surface area contributed by atoms with Gasteiger partial charge in [-0.2, -0.15) is 5.26 Å². The molecule has 0 fully saturated rings. The van der Waals surface area contributed by atoms with Gasteiger partial charge in [0, 0.05) is 6.08 Å². The van der Waals surface area contributed by atoms with Gasteiger partial charge >= 0.3 is 11.9 Å². The number of ether oxygens (including phenoxy) is 2. The Morgan fingerprint density at radius 3 is 2.42 bits per heavy atom. The van der Waals surface area contributed by atoms with Crippen molar-refractivity contribution in [2.75, 3.05) is 13.2 Å². The average molecular weight is 372 g/mol. The number of hydrogen-bond acceptors (Lipinski definition) is 7. The van der Waals surface area contributed by atoms with Gasteiger partial charge in [0.2, 0.25) is 0 Å². The molecule has 0 radical (unpaired) electrons. The van der Waals surface area contributed by atoms with Crippen molar-refractivity contribution >= 4 is 34.9 Å². The highest BCUT2D eigenvalue weighted by molar-refractivity contribution is 7.07. The second-order valence-electron chi connectivity index (χ2n) is 4.85. The fourth-order valence-electron chi connectivity index (χ4n) is 2.14. The van der Waals surface area contributed by atoms with Crippen LogP contribution in [0.2, 0.25) is 0 Å². The number of carbonyl (C=O) groups is 2. The molecule has 26 heavy (non-hydrogen) atoms. The van der Waals surface area contributed by atoms with Crippen molar-refractivity contribution < 1.29 is 19.1 Å². The molecule has 0 saturated heterocycles. The molecule has 0 amide bonds. The summed E-state index contributed by atoms with van der Waals surface area (Å²) in [7, 11) is 0. The molecule has 1 aromatic heterocycles. The number of rotatable bonds is 5. The number of thiazole rings is 1. The Morgan fingerprint density at radius 1 is 1.19 bits per heavy atom. The third kappa shape index (κ3) is 4.07. The van der Waals surface area contributed by atoms with Crippen LogP contribution in [-0.4, -0.2) is 29.7 Å².